The molecule has 0 unspecified atom stereocenters. The summed E-state index contributed by atoms with van der Waals surface area (Å²) in [6, 6.07) is 3.86. The molecule has 1 aromatic carbocycles. The van der Waals surface area contributed by atoms with E-state index in [2.05, 4.69) is 13.0 Å². The molecule has 0 heterocycles. The van der Waals surface area contributed by atoms with Crippen molar-refractivity contribution < 1.29 is 29.7 Å². The van der Waals surface area contributed by atoms with E-state index in [-0.39, 0.29) is 47.1 Å². The van der Waals surface area contributed by atoms with Crippen LogP contribution in [0.25, 0.3) is 0 Å². The maximum Gasteiger partial charge on any atom is 0.222 e. The SMILES string of the molecule is CCCCC[C@@H](O)/C=C/[C@H]1CCC(=O)[C@@H]1CCCCCCC(=O)N(C)CC(=O)c1ccc(O)c(O)c1. The topological polar surface area (TPSA) is 115 Å². The fourth-order valence-electron chi connectivity index (χ4n) is 4.79. The van der Waals surface area contributed by atoms with Gasteiger partial charge in [0.2, 0.25) is 5.91 Å². The van der Waals surface area contributed by atoms with Gasteiger partial charge in [-0.25, -0.2) is 0 Å². The van der Waals surface area contributed by atoms with Crippen LogP contribution >= 0.6 is 0 Å². The van der Waals surface area contributed by atoms with Gasteiger partial charge in [0, 0.05) is 31.4 Å². The molecule has 7 heteroatoms. The minimum absolute atomic E-state index is 0.0437. The van der Waals surface area contributed by atoms with Crippen LogP contribution in [-0.4, -0.2) is 57.4 Å². The van der Waals surface area contributed by atoms with Crippen molar-refractivity contribution in [1.82, 2.24) is 4.90 Å². The zero-order valence-electron chi connectivity index (χ0n) is 21.8. The largest absolute Gasteiger partial charge is 0.504 e. The molecule has 1 saturated carbocycles. The van der Waals surface area contributed by atoms with Crippen LogP contribution in [0.1, 0.15) is 94.3 Å². The highest BCUT2D eigenvalue weighted by Crippen LogP contribution is 2.34. The standard InChI is InChI=1S/C29H43NO6/c1-3-4-7-10-23(31)16-13-21-14-17-25(32)24(21)11-8-5-6-9-12-29(36)30(2)20-28(35)22-15-18-26(33)27(34)19-22/h13,15-16,18-19,21,23-24,31,33-34H,3-12,14,17,20H2,1-2H3/b16-13+/t21-,23+,24+/m0/s1. The van der Waals surface area contributed by atoms with E-state index in [1.165, 1.54) is 23.1 Å². The number of likely N-dealkylation sites (N-methyl/N-ethyl adjacent to an activating group) is 1. The average Bonchev–Trinajstić information content (AvgIpc) is 3.20. The quantitative estimate of drug-likeness (QED) is 0.125. The number of rotatable bonds is 16. The first kappa shape index (κ1) is 29.6. The predicted octanol–water partition coefficient (Wildman–Crippen LogP) is 5.17. The van der Waals surface area contributed by atoms with Gasteiger partial charge in [0.1, 0.15) is 5.78 Å². The lowest BCUT2D eigenvalue weighted by molar-refractivity contribution is -0.129. The van der Waals surface area contributed by atoms with Crippen LogP contribution in [0.2, 0.25) is 0 Å². The molecule has 1 aliphatic carbocycles. The number of amides is 1. The number of benzene rings is 1. The normalized spacial score (nSPS) is 18.6. The zero-order chi connectivity index (χ0) is 26.5. The van der Waals surface area contributed by atoms with Gasteiger partial charge in [0.25, 0.3) is 0 Å². The summed E-state index contributed by atoms with van der Waals surface area (Å²) in [6.45, 7) is 2.06. The van der Waals surface area contributed by atoms with Crippen LogP contribution in [0.5, 0.6) is 11.5 Å². The molecule has 0 aromatic heterocycles. The molecule has 0 saturated heterocycles. The Kier molecular flexibility index (Phi) is 12.7. The molecule has 2 rings (SSSR count). The van der Waals surface area contributed by atoms with Crippen LogP contribution in [-0.2, 0) is 9.59 Å². The van der Waals surface area contributed by atoms with E-state index in [4.69, 9.17) is 0 Å². The highest BCUT2D eigenvalue weighted by molar-refractivity contribution is 5.99. The van der Waals surface area contributed by atoms with E-state index in [0.29, 0.717) is 18.6 Å². The van der Waals surface area contributed by atoms with E-state index in [9.17, 15) is 29.7 Å². The zero-order valence-corrected chi connectivity index (χ0v) is 21.8. The Bertz CT molecular complexity index is 896. The first-order chi connectivity index (χ1) is 17.2. The smallest absolute Gasteiger partial charge is 0.222 e. The lowest BCUT2D eigenvalue weighted by Crippen LogP contribution is -2.31. The summed E-state index contributed by atoms with van der Waals surface area (Å²) in [5, 5.41) is 29.0. The van der Waals surface area contributed by atoms with Crippen molar-refractivity contribution in [1.29, 1.82) is 0 Å². The van der Waals surface area contributed by atoms with Gasteiger partial charge < -0.3 is 20.2 Å². The van der Waals surface area contributed by atoms with Gasteiger partial charge in [-0.2, -0.15) is 0 Å². The number of allylic oxidation sites excluding steroid dienone is 1. The Morgan fingerprint density at radius 1 is 1.08 bits per heavy atom. The van der Waals surface area contributed by atoms with Crippen molar-refractivity contribution in [3.8, 4) is 11.5 Å². The third kappa shape index (κ3) is 9.76. The molecule has 36 heavy (non-hydrogen) atoms. The number of aliphatic hydroxyl groups excluding tert-OH is 1. The van der Waals surface area contributed by atoms with Crippen LogP contribution in [0.3, 0.4) is 0 Å². The Labute approximate surface area is 215 Å². The van der Waals surface area contributed by atoms with Crippen molar-refractivity contribution in [3.05, 3.63) is 35.9 Å². The summed E-state index contributed by atoms with van der Waals surface area (Å²) in [4.78, 5) is 38.4. The van der Waals surface area contributed by atoms with Crippen molar-refractivity contribution in [2.24, 2.45) is 11.8 Å². The maximum absolute atomic E-state index is 12.4. The van der Waals surface area contributed by atoms with Gasteiger partial charge in [-0.1, -0.05) is 57.6 Å². The maximum atomic E-state index is 12.4. The number of Topliss-reactive ketones (excluding diaryl/α,β-unsaturated/α-hetero) is 2. The number of phenols is 2. The summed E-state index contributed by atoms with van der Waals surface area (Å²) in [5.74, 6) is -0.481. The molecule has 1 amide bonds. The second-order valence-electron chi connectivity index (χ2n) is 10.1. The molecule has 200 valence electrons. The molecular weight excluding hydrogens is 458 g/mol. The summed E-state index contributed by atoms with van der Waals surface area (Å²) < 4.78 is 0. The third-order valence-corrected chi connectivity index (χ3v) is 7.10. The van der Waals surface area contributed by atoms with E-state index in [1.54, 1.807) is 7.05 Å². The fraction of sp³-hybridized carbons (Fsp3) is 0.621. The Morgan fingerprint density at radius 2 is 1.83 bits per heavy atom. The molecule has 0 aliphatic heterocycles. The van der Waals surface area contributed by atoms with Crippen molar-refractivity contribution in [2.75, 3.05) is 13.6 Å². The second kappa shape index (κ2) is 15.4. The van der Waals surface area contributed by atoms with Gasteiger partial charge in [-0.15, -0.1) is 0 Å². The molecule has 3 N–H and O–H groups in total. The predicted molar refractivity (Wildman–Crippen MR) is 140 cm³/mol. The molecule has 0 spiro atoms. The molecule has 1 aromatic rings. The number of hydrogen-bond donors (Lipinski definition) is 3. The molecule has 1 aliphatic rings. The number of ketones is 2. The van der Waals surface area contributed by atoms with Gasteiger partial charge >= 0.3 is 0 Å². The first-order valence-corrected chi connectivity index (χ1v) is 13.4. The highest BCUT2D eigenvalue weighted by Gasteiger charge is 2.32. The number of nitrogens with zero attached hydrogens (tertiary/aromatic N) is 1. The van der Waals surface area contributed by atoms with Crippen LogP contribution in [0.4, 0.5) is 0 Å². The average molecular weight is 502 g/mol. The number of phenolic OH excluding ortho intramolecular Hbond substituents is 2. The molecular formula is C29H43NO6. The lowest BCUT2D eigenvalue weighted by atomic mass is 9.89. The minimum atomic E-state index is -0.424. The Hall–Kier alpha value is -2.67. The number of aliphatic hydroxyl groups is 1. The van der Waals surface area contributed by atoms with Crippen molar-refractivity contribution >= 4 is 17.5 Å². The number of carbonyl (C=O) groups is 3. The summed E-state index contributed by atoms with van der Waals surface area (Å²) in [7, 11) is 1.58. The highest BCUT2D eigenvalue weighted by atomic mass is 16.3. The molecule has 3 atom stereocenters. The number of aromatic hydroxyl groups is 2. The second-order valence-corrected chi connectivity index (χ2v) is 10.1. The van der Waals surface area contributed by atoms with E-state index in [1.807, 2.05) is 6.08 Å². The fourth-order valence-corrected chi connectivity index (χ4v) is 4.79. The summed E-state index contributed by atoms with van der Waals surface area (Å²) in [6.07, 6.45) is 13.8. The van der Waals surface area contributed by atoms with E-state index >= 15 is 0 Å². The molecule has 0 radical (unpaired) electrons. The molecule has 7 nitrogen and oxygen atoms in total. The van der Waals surface area contributed by atoms with Gasteiger partial charge in [0.05, 0.1) is 12.6 Å². The number of carbonyl (C=O) groups excluding carboxylic acids is 3. The summed E-state index contributed by atoms with van der Waals surface area (Å²) in [5.41, 5.74) is 0.241. The number of hydrogen-bond acceptors (Lipinski definition) is 6. The van der Waals surface area contributed by atoms with Crippen LogP contribution < -0.4 is 0 Å². The van der Waals surface area contributed by atoms with Crippen LogP contribution in [0.15, 0.2) is 30.4 Å². The van der Waals surface area contributed by atoms with Gasteiger partial charge in [-0.3, -0.25) is 14.4 Å². The van der Waals surface area contributed by atoms with E-state index in [0.717, 1.165) is 64.2 Å². The number of unbranched alkanes of at least 4 members (excludes halogenated alkanes) is 5. The van der Waals surface area contributed by atoms with Crippen LogP contribution in [0, 0.1) is 11.8 Å². The van der Waals surface area contributed by atoms with Crippen molar-refractivity contribution in [2.45, 2.75) is 90.1 Å². The Balaban J connectivity index is 1.65. The van der Waals surface area contributed by atoms with E-state index < -0.39 is 6.10 Å². The monoisotopic (exact) mass is 501 g/mol. The van der Waals surface area contributed by atoms with Crippen molar-refractivity contribution in [3.63, 3.8) is 0 Å². The minimum Gasteiger partial charge on any atom is -0.504 e. The molecule has 1 fully saturated rings. The Morgan fingerprint density at radius 3 is 2.56 bits per heavy atom. The third-order valence-electron chi connectivity index (χ3n) is 7.10. The lowest BCUT2D eigenvalue weighted by Gasteiger charge is -2.17. The first-order valence-electron chi connectivity index (χ1n) is 13.4. The van der Waals surface area contributed by atoms with Gasteiger partial charge in [-0.05, 0) is 49.8 Å². The van der Waals surface area contributed by atoms with Gasteiger partial charge in [0.15, 0.2) is 17.3 Å². The molecule has 0 bridgehead atoms. The summed E-state index contributed by atoms with van der Waals surface area (Å²) >= 11 is 0.